The van der Waals surface area contributed by atoms with Crippen molar-refractivity contribution in [2.45, 2.75) is 46.1 Å². The predicted molar refractivity (Wildman–Crippen MR) is 77.1 cm³/mol. The first-order chi connectivity index (χ1) is 8.44. The van der Waals surface area contributed by atoms with Crippen molar-refractivity contribution in [1.82, 2.24) is 0 Å². The number of hydrogen-bond donors (Lipinski definition) is 1. The first-order valence-corrected chi connectivity index (χ1v) is 6.96. The van der Waals surface area contributed by atoms with Crippen LogP contribution in [0.2, 0.25) is 0 Å². The van der Waals surface area contributed by atoms with Crippen LogP contribution in [0.3, 0.4) is 0 Å². The van der Waals surface area contributed by atoms with Crippen molar-refractivity contribution in [3.63, 3.8) is 0 Å². The van der Waals surface area contributed by atoms with Gasteiger partial charge in [0.2, 0.25) is 0 Å². The van der Waals surface area contributed by atoms with Gasteiger partial charge in [0.15, 0.2) is 0 Å². The Labute approximate surface area is 111 Å². The Bertz CT molecular complexity index is 386. The molecule has 1 heterocycles. The third-order valence-electron chi connectivity index (χ3n) is 3.47. The summed E-state index contributed by atoms with van der Waals surface area (Å²) in [6.45, 7) is 8.77. The lowest BCUT2D eigenvalue weighted by Gasteiger charge is -2.32. The molecule has 0 saturated carbocycles. The zero-order valence-corrected chi connectivity index (χ0v) is 11.8. The van der Waals surface area contributed by atoms with Crippen LogP contribution in [0.15, 0.2) is 24.3 Å². The Morgan fingerprint density at radius 2 is 1.89 bits per heavy atom. The summed E-state index contributed by atoms with van der Waals surface area (Å²) >= 11 is 0. The van der Waals surface area contributed by atoms with Crippen LogP contribution in [0.5, 0.6) is 0 Å². The van der Waals surface area contributed by atoms with Gasteiger partial charge in [-0.25, -0.2) is 0 Å². The predicted octanol–water partition coefficient (Wildman–Crippen LogP) is 3.24. The van der Waals surface area contributed by atoms with Crippen LogP contribution in [-0.4, -0.2) is 24.3 Å². The molecule has 0 aliphatic carbocycles. The molecule has 1 aromatic rings. The van der Waals surface area contributed by atoms with Crippen LogP contribution >= 0.6 is 0 Å². The maximum Gasteiger partial charge on any atom is 0.0574 e. The molecule has 0 bridgehead atoms. The smallest absolute Gasteiger partial charge is 0.0574 e. The minimum Gasteiger partial charge on any atom is -0.393 e. The fourth-order valence-electron chi connectivity index (χ4n) is 2.60. The molecule has 2 rings (SSSR count). The molecule has 1 aliphatic rings. The molecule has 1 fully saturated rings. The number of aliphatic hydroxyl groups is 1. The molecular formula is C16H25NO. The molecule has 0 radical (unpaired) electrons. The number of nitrogens with zero attached hydrogens (tertiary/aromatic N) is 1. The van der Waals surface area contributed by atoms with E-state index >= 15 is 0 Å². The Kier molecular flexibility index (Phi) is 3.96. The number of anilines is 1. The van der Waals surface area contributed by atoms with E-state index in [0.717, 1.165) is 32.4 Å². The van der Waals surface area contributed by atoms with Gasteiger partial charge >= 0.3 is 0 Å². The van der Waals surface area contributed by atoms with Gasteiger partial charge in [-0.2, -0.15) is 0 Å². The summed E-state index contributed by atoms with van der Waals surface area (Å²) < 4.78 is 0. The Morgan fingerprint density at radius 3 is 2.50 bits per heavy atom. The normalized spacial score (nSPS) is 18.1. The van der Waals surface area contributed by atoms with E-state index in [1.54, 1.807) is 0 Å². The topological polar surface area (TPSA) is 23.5 Å². The van der Waals surface area contributed by atoms with Crippen LogP contribution in [0.25, 0.3) is 0 Å². The second kappa shape index (κ2) is 5.31. The molecule has 1 aromatic carbocycles. The summed E-state index contributed by atoms with van der Waals surface area (Å²) in [4.78, 5) is 2.39. The lowest BCUT2D eigenvalue weighted by Crippen LogP contribution is -2.35. The van der Waals surface area contributed by atoms with E-state index in [9.17, 15) is 5.11 Å². The van der Waals surface area contributed by atoms with Crippen molar-refractivity contribution in [3.05, 3.63) is 29.8 Å². The quantitative estimate of drug-likeness (QED) is 0.867. The van der Waals surface area contributed by atoms with Gasteiger partial charge in [0.25, 0.3) is 0 Å². The van der Waals surface area contributed by atoms with Crippen LogP contribution in [0.1, 0.15) is 39.2 Å². The minimum atomic E-state index is -0.0981. The third-order valence-corrected chi connectivity index (χ3v) is 3.47. The fraction of sp³-hybridized carbons (Fsp3) is 0.625. The molecule has 1 aliphatic heterocycles. The number of hydrogen-bond acceptors (Lipinski definition) is 2. The molecule has 0 unspecified atom stereocenters. The number of piperidine rings is 1. The summed E-state index contributed by atoms with van der Waals surface area (Å²) in [5, 5.41) is 9.55. The average Bonchev–Trinajstić information content (AvgIpc) is 2.28. The second-order valence-electron chi connectivity index (χ2n) is 6.63. The first-order valence-electron chi connectivity index (χ1n) is 6.96. The number of aliphatic hydroxyl groups excluding tert-OH is 1. The van der Waals surface area contributed by atoms with Crippen LogP contribution < -0.4 is 4.90 Å². The second-order valence-corrected chi connectivity index (χ2v) is 6.63. The molecule has 0 amide bonds. The molecule has 100 valence electrons. The molecule has 18 heavy (non-hydrogen) atoms. The summed E-state index contributed by atoms with van der Waals surface area (Å²) in [5.41, 5.74) is 3.05. The molecule has 0 spiro atoms. The monoisotopic (exact) mass is 247 g/mol. The summed E-state index contributed by atoms with van der Waals surface area (Å²) in [7, 11) is 0. The van der Waals surface area contributed by atoms with Crippen molar-refractivity contribution in [1.29, 1.82) is 0 Å². The van der Waals surface area contributed by atoms with Gasteiger partial charge < -0.3 is 10.0 Å². The first kappa shape index (κ1) is 13.4. The fourth-order valence-corrected chi connectivity index (χ4v) is 2.60. The highest BCUT2D eigenvalue weighted by Gasteiger charge is 2.18. The Hall–Kier alpha value is -1.02. The van der Waals surface area contributed by atoms with E-state index in [1.807, 2.05) is 0 Å². The minimum absolute atomic E-state index is 0.0981. The van der Waals surface area contributed by atoms with Gasteiger partial charge in [0, 0.05) is 18.8 Å². The molecule has 2 heteroatoms. The molecule has 1 N–H and O–H groups in total. The van der Waals surface area contributed by atoms with Gasteiger partial charge in [-0.1, -0.05) is 32.9 Å². The molecule has 0 atom stereocenters. The largest absolute Gasteiger partial charge is 0.393 e. The van der Waals surface area contributed by atoms with Crippen LogP contribution in [-0.2, 0) is 6.42 Å². The van der Waals surface area contributed by atoms with Gasteiger partial charge in [0.1, 0.15) is 0 Å². The Morgan fingerprint density at radius 1 is 1.22 bits per heavy atom. The standard InChI is InChI=1S/C16H25NO/c1-16(2,3)12-13-5-4-6-14(11-13)17-9-7-15(18)8-10-17/h4-6,11,15,18H,7-10,12H2,1-3H3. The number of rotatable bonds is 2. The van der Waals surface area contributed by atoms with E-state index in [4.69, 9.17) is 0 Å². The van der Waals surface area contributed by atoms with Gasteiger partial charge in [0.05, 0.1) is 6.10 Å². The zero-order valence-electron chi connectivity index (χ0n) is 11.8. The van der Waals surface area contributed by atoms with Crippen molar-refractivity contribution in [2.75, 3.05) is 18.0 Å². The lowest BCUT2D eigenvalue weighted by atomic mass is 9.88. The highest BCUT2D eigenvalue weighted by Crippen LogP contribution is 2.25. The van der Waals surface area contributed by atoms with E-state index in [-0.39, 0.29) is 6.10 Å². The van der Waals surface area contributed by atoms with Gasteiger partial charge in [-0.15, -0.1) is 0 Å². The van der Waals surface area contributed by atoms with Gasteiger partial charge in [-0.05, 0) is 42.4 Å². The van der Waals surface area contributed by atoms with E-state index in [2.05, 4.69) is 49.9 Å². The van der Waals surface area contributed by atoms with Crippen LogP contribution in [0, 0.1) is 5.41 Å². The zero-order chi connectivity index (χ0) is 13.2. The number of benzene rings is 1. The molecular weight excluding hydrogens is 222 g/mol. The van der Waals surface area contributed by atoms with Crippen molar-refractivity contribution in [3.8, 4) is 0 Å². The van der Waals surface area contributed by atoms with E-state index < -0.39 is 0 Å². The SMILES string of the molecule is CC(C)(C)Cc1cccc(N2CCC(O)CC2)c1. The van der Waals surface area contributed by atoms with Crippen molar-refractivity contribution in [2.24, 2.45) is 5.41 Å². The van der Waals surface area contributed by atoms with E-state index in [1.165, 1.54) is 11.3 Å². The van der Waals surface area contributed by atoms with Crippen molar-refractivity contribution < 1.29 is 5.11 Å². The molecule has 0 aromatic heterocycles. The highest BCUT2D eigenvalue weighted by molar-refractivity contribution is 5.49. The summed E-state index contributed by atoms with van der Waals surface area (Å²) in [6, 6.07) is 8.86. The maximum atomic E-state index is 9.55. The van der Waals surface area contributed by atoms with Crippen LogP contribution in [0.4, 0.5) is 5.69 Å². The van der Waals surface area contributed by atoms with E-state index in [0.29, 0.717) is 5.41 Å². The van der Waals surface area contributed by atoms with Gasteiger partial charge in [-0.3, -0.25) is 0 Å². The lowest BCUT2D eigenvalue weighted by molar-refractivity contribution is 0.145. The summed E-state index contributed by atoms with van der Waals surface area (Å²) in [6.07, 6.45) is 2.80. The average molecular weight is 247 g/mol. The summed E-state index contributed by atoms with van der Waals surface area (Å²) in [5.74, 6) is 0. The third kappa shape index (κ3) is 3.74. The highest BCUT2D eigenvalue weighted by atomic mass is 16.3. The molecule has 1 saturated heterocycles. The molecule has 2 nitrogen and oxygen atoms in total. The maximum absolute atomic E-state index is 9.55. The Balaban J connectivity index is 2.07. The van der Waals surface area contributed by atoms with Crippen molar-refractivity contribution >= 4 is 5.69 Å².